The third-order valence-corrected chi connectivity index (χ3v) is 8.79. The molecule has 2 rings (SSSR count). The number of anilines is 1. The summed E-state index contributed by atoms with van der Waals surface area (Å²) < 4.78 is 46.3. The Hall–Kier alpha value is -1.93. The van der Waals surface area contributed by atoms with Crippen molar-refractivity contribution in [1.29, 1.82) is 0 Å². The molecule has 0 aliphatic heterocycles. The van der Waals surface area contributed by atoms with Crippen LogP contribution in [0.15, 0.2) is 42.5 Å². The predicted molar refractivity (Wildman–Crippen MR) is 95.3 cm³/mol. The Morgan fingerprint density at radius 3 is 2.00 bits per heavy atom. The lowest BCUT2D eigenvalue weighted by molar-refractivity contribution is -0.114. The lowest BCUT2D eigenvalue weighted by Crippen LogP contribution is -2.43. The minimum absolute atomic E-state index is 0.348. The largest absolute Gasteiger partial charge is 0.324 e. The standard InChI is InChI=1S/C16H19NO5S2/c1-3-23(19,20)16(24(21,22)4-2)15(18)17-14-10-9-12-7-5-6-8-13(12)11-14/h5-11,16H,3-4H2,1-2H3,(H,17,18). The second-order valence-corrected chi connectivity index (χ2v) is 10.3. The molecule has 0 heterocycles. The van der Waals surface area contributed by atoms with Gasteiger partial charge in [-0.1, -0.05) is 44.2 Å². The Balaban J connectivity index is 2.39. The van der Waals surface area contributed by atoms with Crippen LogP contribution in [0.5, 0.6) is 0 Å². The van der Waals surface area contributed by atoms with Crippen LogP contribution < -0.4 is 5.32 Å². The number of hydrogen-bond acceptors (Lipinski definition) is 5. The summed E-state index contributed by atoms with van der Waals surface area (Å²) in [6.45, 7) is 2.63. The van der Waals surface area contributed by atoms with E-state index in [-0.39, 0.29) is 0 Å². The summed E-state index contributed by atoms with van der Waals surface area (Å²) in [6, 6.07) is 12.5. The molecule has 24 heavy (non-hydrogen) atoms. The van der Waals surface area contributed by atoms with Crippen molar-refractivity contribution in [2.45, 2.75) is 18.4 Å². The summed E-state index contributed by atoms with van der Waals surface area (Å²) in [4.78, 5) is 12.4. The van der Waals surface area contributed by atoms with Crippen molar-refractivity contribution in [2.24, 2.45) is 0 Å². The van der Waals surface area contributed by atoms with E-state index in [0.717, 1.165) is 10.8 Å². The Bertz CT molecular complexity index is 931. The van der Waals surface area contributed by atoms with Crippen LogP contribution in [0.3, 0.4) is 0 Å². The van der Waals surface area contributed by atoms with Gasteiger partial charge in [-0.05, 0) is 22.9 Å². The van der Waals surface area contributed by atoms with Gasteiger partial charge >= 0.3 is 0 Å². The maximum Gasteiger partial charge on any atom is 0.258 e. The lowest BCUT2D eigenvalue weighted by Gasteiger charge is -2.16. The zero-order valence-electron chi connectivity index (χ0n) is 13.4. The highest BCUT2D eigenvalue weighted by atomic mass is 32.3. The summed E-state index contributed by atoms with van der Waals surface area (Å²) in [7, 11) is -8.18. The van der Waals surface area contributed by atoms with E-state index >= 15 is 0 Å². The molecule has 0 fully saturated rings. The van der Waals surface area contributed by atoms with Crippen molar-refractivity contribution < 1.29 is 21.6 Å². The maximum absolute atomic E-state index is 12.4. The molecular formula is C16H19NO5S2. The molecule has 0 bridgehead atoms. The van der Waals surface area contributed by atoms with Gasteiger partial charge in [0.1, 0.15) is 0 Å². The smallest absolute Gasteiger partial charge is 0.258 e. The van der Waals surface area contributed by atoms with Gasteiger partial charge < -0.3 is 5.32 Å². The van der Waals surface area contributed by atoms with E-state index in [0.29, 0.717) is 5.69 Å². The molecule has 8 heteroatoms. The van der Waals surface area contributed by atoms with Crippen LogP contribution in [0.4, 0.5) is 5.69 Å². The van der Waals surface area contributed by atoms with Crippen LogP contribution in [0.2, 0.25) is 0 Å². The van der Waals surface area contributed by atoms with Crippen LogP contribution in [-0.2, 0) is 24.5 Å². The van der Waals surface area contributed by atoms with Crippen molar-refractivity contribution in [3.05, 3.63) is 42.5 Å². The van der Waals surface area contributed by atoms with E-state index in [1.54, 1.807) is 18.2 Å². The Labute approximate surface area is 141 Å². The lowest BCUT2D eigenvalue weighted by atomic mass is 10.1. The number of hydrogen-bond donors (Lipinski definition) is 1. The van der Waals surface area contributed by atoms with Crippen molar-refractivity contribution in [3.63, 3.8) is 0 Å². The fourth-order valence-electron chi connectivity index (χ4n) is 2.32. The van der Waals surface area contributed by atoms with Crippen molar-refractivity contribution in [2.75, 3.05) is 16.8 Å². The van der Waals surface area contributed by atoms with Crippen LogP contribution in [0, 0.1) is 0 Å². The summed E-state index contributed by atoms with van der Waals surface area (Å²) in [5.74, 6) is -1.90. The Morgan fingerprint density at radius 1 is 0.917 bits per heavy atom. The normalized spacial score (nSPS) is 12.5. The van der Waals surface area contributed by atoms with E-state index < -0.39 is 41.7 Å². The van der Waals surface area contributed by atoms with E-state index in [1.807, 2.05) is 24.3 Å². The number of carbonyl (C=O) groups is 1. The van der Waals surface area contributed by atoms with Gasteiger partial charge in [-0.25, -0.2) is 16.8 Å². The van der Waals surface area contributed by atoms with Gasteiger partial charge in [0.05, 0.1) is 0 Å². The first-order chi connectivity index (χ1) is 11.2. The second-order valence-electron chi connectivity index (χ2n) is 5.29. The number of rotatable bonds is 6. The molecule has 1 amide bonds. The number of benzene rings is 2. The van der Waals surface area contributed by atoms with Gasteiger partial charge in [0, 0.05) is 17.2 Å². The van der Waals surface area contributed by atoms with Gasteiger partial charge in [0.15, 0.2) is 19.7 Å². The van der Waals surface area contributed by atoms with Gasteiger partial charge in [0.25, 0.3) is 5.91 Å². The highest BCUT2D eigenvalue weighted by molar-refractivity contribution is 8.10. The molecule has 0 radical (unpaired) electrons. The number of carbonyl (C=O) groups excluding carboxylic acids is 1. The molecule has 2 aromatic rings. The number of sulfone groups is 2. The molecule has 2 aromatic carbocycles. The first-order valence-corrected chi connectivity index (χ1v) is 10.9. The van der Waals surface area contributed by atoms with Crippen molar-refractivity contribution in [3.8, 4) is 0 Å². The Morgan fingerprint density at radius 2 is 1.46 bits per heavy atom. The van der Waals surface area contributed by atoms with Crippen LogP contribution >= 0.6 is 0 Å². The monoisotopic (exact) mass is 369 g/mol. The summed E-state index contributed by atoms with van der Waals surface area (Å²) in [5.41, 5.74) is 0.348. The highest BCUT2D eigenvalue weighted by Gasteiger charge is 2.41. The van der Waals surface area contributed by atoms with Crippen LogP contribution in [0.25, 0.3) is 10.8 Å². The van der Waals surface area contributed by atoms with E-state index in [2.05, 4.69) is 5.32 Å². The van der Waals surface area contributed by atoms with E-state index in [9.17, 15) is 21.6 Å². The van der Waals surface area contributed by atoms with Gasteiger partial charge in [-0.2, -0.15) is 0 Å². The second kappa shape index (κ2) is 6.90. The SMILES string of the molecule is CCS(=O)(=O)C(C(=O)Nc1ccc2ccccc2c1)S(=O)(=O)CC. The maximum atomic E-state index is 12.4. The van der Waals surface area contributed by atoms with Gasteiger partial charge in [-0.15, -0.1) is 0 Å². The van der Waals surface area contributed by atoms with Gasteiger partial charge in [-0.3, -0.25) is 4.79 Å². The minimum Gasteiger partial charge on any atom is -0.324 e. The number of fused-ring (bicyclic) bond motifs is 1. The predicted octanol–water partition coefficient (Wildman–Crippen LogP) is 1.97. The fraction of sp³-hybridized carbons (Fsp3) is 0.312. The van der Waals surface area contributed by atoms with Crippen LogP contribution in [0.1, 0.15) is 13.8 Å². The summed E-state index contributed by atoms with van der Waals surface area (Å²) >= 11 is 0. The molecular weight excluding hydrogens is 350 g/mol. The quantitative estimate of drug-likeness (QED) is 0.839. The van der Waals surface area contributed by atoms with E-state index in [4.69, 9.17) is 0 Å². The average molecular weight is 369 g/mol. The number of nitrogens with one attached hydrogen (secondary N) is 1. The highest BCUT2D eigenvalue weighted by Crippen LogP contribution is 2.21. The van der Waals surface area contributed by atoms with Crippen molar-refractivity contribution >= 4 is 42.0 Å². The molecule has 0 saturated heterocycles. The van der Waals surface area contributed by atoms with E-state index in [1.165, 1.54) is 13.8 Å². The molecule has 0 spiro atoms. The summed E-state index contributed by atoms with van der Waals surface area (Å²) in [5, 5.41) is 4.22. The number of amides is 1. The average Bonchev–Trinajstić information content (AvgIpc) is 2.54. The summed E-state index contributed by atoms with van der Waals surface area (Å²) in [6.07, 6.45) is 0. The first kappa shape index (κ1) is 18.4. The van der Waals surface area contributed by atoms with Gasteiger partial charge in [0.2, 0.25) is 4.58 Å². The molecule has 0 aliphatic rings. The van der Waals surface area contributed by atoms with Crippen LogP contribution in [-0.4, -0.2) is 38.8 Å². The molecule has 0 unspecified atom stereocenters. The molecule has 0 saturated carbocycles. The molecule has 6 nitrogen and oxygen atoms in total. The zero-order valence-corrected chi connectivity index (χ0v) is 15.0. The molecule has 0 aliphatic carbocycles. The molecule has 1 N–H and O–H groups in total. The minimum atomic E-state index is -4.09. The Kier molecular flexibility index (Phi) is 5.29. The fourth-order valence-corrected chi connectivity index (χ4v) is 6.30. The molecule has 0 aromatic heterocycles. The third kappa shape index (κ3) is 3.76. The molecule has 130 valence electrons. The zero-order chi connectivity index (χ0) is 18.0. The van der Waals surface area contributed by atoms with Crippen molar-refractivity contribution in [1.82, 2.24) is 0 Å². The first-order valence-electron chi connectivity index (χ1n) is 7.44. The topological polar surface area (TPSA) is 97.4 Å². The third-order valence-electron chi connectivity index (χ3n) is 3.69. The molecule has 0 atom stereocenters.